The van der Waals surface area contributed by atoms with Crippen LogP contribution in [-0.4, -0.2) is 10.2 Å². The molecule has 3 N–H and O–H groups in total. The van der Waals surface area contributed by atoms with Crippen LogP contribution < -0.4 is 5.73 Å². The molecule has 3 rings (SSSR count). The number of rotatable bonds is 2. The van der Waals surface area contributed by atoms with Gasteiger partial charge in [0.2, 0.25) is 0 Å². The summed E-state index contributed by atoms with van der Waals surface area (Å²) in [6.07, 6.45) is 0. The van der Waals surface area contributed by atoms with Crippen molar-refractivity contribution in [2.75, 3.05) is 5.73 Å². The number of anilines is 1. The van der Waals surface area contributed by atoms with Gasteiger partial charge in [0.25, 0.3) is 0 Å². The van der Waals surface area contributed by atoms with Crippen molar-refractivity contribution < 1.29 is 4.42 Å². The maximum atomic E-state index is 6.08. The summed E-state index contributed by atoms with van der Waals surface area (Å²) in [4.78, 5) is 0. The molecule has 0 fully saturated rings. The van der Waals surface area contributed by atoms with Crippen LogP contribution in [0.4, 0.5) is 5.82 Å². The number of aromatic nitrogens is 2. The molecule has 1 aromatic carbocycles. The van der Waals surface area contributed by atoms with Crippen LogP contribution in [-0.2, 0) is 0 Å². The van der Waals surface area contributed by atoms with Crippen LogP contribution >= 0.6 is 0 Å². The number of nitrogens with zero attached hydrogens (tertiary/aromatic N) is 1. The van der Waals surface area contributed by atoms with E-state index in [4.69, 9.17) is 10.2 Å². The van der Waals surface area contributed by atoms with Crippen molar-refractivity contribution in [2.45, 2.75) is 27.7 Å². The Morgan fingerprint density at radius 1 is 1.05 bits per heavy atom. The zero-order chi connectivity index (χ0) is 15.1. The fraction of sp³-hybridized carbons (Fsp3) is 0.235. The molecule has 0 aliphatic carbocycles. The average Bonchev–Trinajstić information content (AvgIpc) is 2.95. The van der Waals surface area contributed by atoms with Crippen LogP contribution in [0.25, 0.3) is 22.4 Å². The van der Waals surface area contributed by atoms with E-state index in [1.807, 2.05) is 19.9 Å². The summed E-state index contributed by atoms with van der Waals surface area (Å²) < 4.78 is 5.62. The molecular formula is C17H19N3O. The minimum atomic E-state index is 0.506. The van der Waals surface area contributed by atoms with Crippen LogP contribution in [0.5, 0.6) is 0 Å². The van der Waals surface area contributed by atoms with Gasteiger partial charge in [0.1, 0.15) is 11.5 Å². The van der Waals surface area contributed by atoms with E-state index < -0.39 is 0 Å². The Labute approximate surface area is 124 Å². The summed E-state index contributed by atoms with van der Waals surface area (Å²) in [5, 5.41) is 7.22. The van der Waals surface area contributed by atoms with Crippen LogP contribution in [0, 0.1) is 27.7 Å². The second-order valence-corrected chi connectivity index (χ2v) is 5.48. The Morgan fingerprint density at radius 2 is 1.81 bits per heavy atom. The third-order valence-corrected chi connectivity index (χ3v) is 3.90. The maximum absolute atomic E-state index is 6.08. The number of nitrogens with two attached hydrogens (primary N) is 1. The van der Waals surface area contributed by atoms with Crippen molar-refractivity contribution in [3.05, 3.63) is 46.9 Å². The number of hydrogen-bond acceptors (Lipinski definition) is 3. The van der Waals surface area contributed by atoms with Crippen LogP contribution in [0.1, 0.15) is 22.6 Å². The molecule has 21 heavy (non-hydrogen) atoms. The number of furan rings is 1. The third kappa shape index (κ3) is 2.23. The fourth-order valence-corrected chi connectivity index (χ4v) is 2.62. The van der Waals surface area contributed by atoms with E-state index >= 15 is 0 Å². The van der Waals surface area contributed by atoms with Crippen molar-refractivity contribution >= 4 is 5.82 Å². The van der Waals surface area contributed by atoms with Crippen molar-refractivity contribution in [2.24, 2.45) is 0 Å². The molecule has 3 aromatic rings. The molecule has 0 atom stereocenters. The summed E-state index contributed by atoms with van der Waals surface area (Å²) >= 11 is 0. The van der Waals surface area contributed by atoms with Crippen molar-refractivity contribution in [1.82, 2.24) is 10.2 Å². The van der Waals surface area contributed by atoms with E-state index in [1.165, 1.54) is 11.1 Å². The number of hydrogen-bond donors (Lipinski definition) is 2. The van der Waals surface area contributed by atoms with Crippen LogP contribution in [0.3, 0.4) is 0 Å². The predicted molar refractivity (Wildman–Crippen MR) is 85.1 cm³/mol. The Kier molecular flexibility index (Phi) is 3.09. The van der Waals surface area contributed by atoms with Gasteiger partial charge in [-0.3, -0.25) is 5.10 Å². The van der Waals surface area contributed by atoms with Gasteiger partial charge in [0.15, 0.2) is 5.82 Å². The summed E-state index contributed by atoms with van der Waals surface area (Å²) in [5.41, 5.74) is 12.5. The monoisotopic (exact) mass is 281 g/mol. The highest BCUT2D eigenvalue weighted by molar-refractivity contribution is 5.88. The zero-order valence-corrected chi connectivity index (χ0v) is 12.7. The van der Waals surface area contributed by atoms with Gasteiger partial charge >= 0.3 is 0 Å². The summed E-state index contributed by atoms with van der Waals surface area (Å²) in [6.45, 7) is 8.08. The number of aromatic amines is 1. The van der Waals surface area contributed by atoms with Gasteiger partial charge in [0.05, 0.1) is 11.3 Å². The molecule has 4 nitrogen and oxygen atoms in total. The lowest BCUT2D eigenvalue weighted by Crippen LogP contribution is -1.90. The molecular weight excluding hydrogens is 262 g/mol. The van der Waals surface area contributed by atoms with Gasteiger partial charge in [0, 0.05) is 5.56 Å². The van der Waals surface area contributed by atoms with E-state index in [9.17, 15) is 0 Å². The van der Waals surface area contributed by atoms with Gasteiger partial charge in [-0.05, 0) is 50.5 Å². The number of nitrogens with one attached hydrogen (secondary N) is 1. The van der Waals surface area contributed by atoms with Crippen molar-refractivity contribution in [1.29, 1.82) is 0 Å². The highest BCUT2D eigenvalue weighted by atomic mass is 16.3. The zero-order valence-electron chi connectivity index (χ0n) is 12.7. The van der Waals surface area contributed by atoms with Gasteiger partial charge < -0.3 is 10.2 Å². The molecule has 0 aliphatic rings. The topological polar surface area (TPSA) is 67.8 Å². The first kappa shape index (κ1) is 13.5. The van der Waals surface area contributed by atoms with Gasteiger partial charge in [-0.1, -0.05) is 18.2 Å². The first-order valence-corrected chi connectivity index (χ1v) is 6.96. The molecule has 0 saturated heterocycles. The number of benzene rings is 1. The third-order valence-electron chi connectivity index (χ3n) is 3.90. The van der Waals surface area contributed by atoms with E-state index in [0.717, 1.165) is 33.9 Å². The Morgan fingerprint density at radius 3 is 2.43 bits per heavy atom. The standard InChI is InChI=1S/C17H19N3O/c1-9-5-6-13(7-10(9)2)15-16(19-20-17(15)18)14-8-11(3)21-12(14)4/h5-8H,1-4H3,(H3,18,19,20). The summed E-state index contributed by atoms with van der Waals surface area (Å²) in [6, 6.07) is 8.33. The number of aryl methyl sites for hydroxylation is 4. The normalized spacial score (nSPS) is 11.0. The number of H-pyrrole nitrogens is 1. The quantitative estimate of drug-likeness (QED) is 0.741. The number of nitrogen functional groups attached to an aromatic ring is 1. The highest BCUT2D eigenvalue weighted by Crippen LogP contribution is 2.37. The average molecular weight is 281 g/mol. The predicted octanol–water partition coefficient (Wildman–Crippen LogP) is 4.15. The minimum absolute atomic E-state index is 0.506. The molecule has 2 aromatic heterocycles. The molecule has 108 valence electrons. The highest BCUT2D eigenvalue weighted by Gasteiger charge is 2.18. The van der Waals surface area contributed by atoms with Gasteiger partial charge in [-0.15, -0.1) is 0 Å². The first-order chi connectivity index (χ1) is 9.97. The molecule has 0 unspecified atom stereocenters. The van der Waals surface area contributed by atoms with E-state index in [2.05, 4.69) is 42.2 Å². The lowest BCUT2D eigenvalue weighted by atomic mass is 9.97. The molecule has 4 heteroatoms. The Balaban J connectivity index is 2.21. The van der Waals surface area contributed by atoms with Crippen LogP contribution in [0.15, 0.2) is 28.7 Å². The minimum Gasteiger partial charge on any atom is -0.466 e. The van der Waals surface area contributed by atoms with Gasteiger partial charge in [-0.25, -0.2) is 0 Å². The maximum Gasteiger partial charge on any atom is 0.153 e. The smallest absolute Gasteiger partial charge is 0.153 e. The Bertz CT molecular complexity index is 812. The van der Waals surface area contributed by atoms with Crippen molar-refractivity contribution in [3.63, 3.8) is 0 Å². The summed E-state index contributed by atoms with van der Waals surface area (Å²) in [7, 11) is 0. The first-order valence-electron chi connectivity index (χ1n) is 6.96. The van der Waals surface area contributed by atoms with Crippen LogP contribution in [0.2, 0.25) is 0 Å². The van der Waals surface area contributed by atoms with Gasteiger partial charge in [-0.2, -0.15) is 5.10 Å². The second kappa shape index (κ2) is 4.81. The second-order valence-electron chi connectivity index (χ2n) is 5.48. The Hall–Kier alpha value is -2.49. The molecule has 0 spiro atoms. The molecule has 0 saturated carbocycles. The molecule has 0 radical (unpaired) electrons. The van der Waals surface area contributed by atoms with E-state index in [-0.39, 0.29) is 0 Å². The SMILES string of the molecule is Cc1cc(-c2[nH]nc(N)c2-c2ccc(C)c(C)c2)c(C)o1. The molecule has 2 heterocycles. The summed E-state index contributed by atoms with van der Waals surface area (Å²) in [5.74, 6) is 2.24. The fourth-order valence-electron chi connectivity index (χ4n) is 2.62. The molecule has 0 bridgehead atoms. The lowest BCUT2D eigenvalue weighted by Gasteiger charge is -2.07. The molecule has 0 aliphatic heterocycles. The van der Waals surface area contributed by atoms with Crippen molar-refractivity contribution in [3.8, 4) is 22.4 Å². The molecule has 0 amide bonds. The largest absolute Gasteiger partial charge is 0.466 e. The van der Waals surface area contributed by atoms with E-state index in [1.54, 1.807) is 0 Å². The van der Waals surface area contributed by atoms with E-state index in [0.29, 0.717) is 5.82 Å². The lowest BCUT2D eigenvalue weighted by molar-refractivity contribution is 0.505.